The highest BCUT2D eigenvalue weighted by Gasteiger charge is 2.14. The minimum atomic E-state index is -1.30. The zero-order valence-electron chi connectivity index (χ0n) is 17.6. The predicted octanol–water partition coefficient (Wildman–Crippen LogP) is 2.63. The predicted molar refractivity (Wildman–Crippen MR) is 115 cm³/mol. The van der Waals surface area contributed by atoms with E-state index in [9.17, 15) is 4.21 Å². The number of H-pyrrole nitrogens is 1. The van der Waals surface area contributed by atoms with Crippen LogP contribution in [-0.4, -0.2) is 45.5 Å². The molecule has 0 saturated carbocycles. The van der Waals surface area contributed by atoms with E-state index in [-0.39, 0.29) is 0 Å². The summed E-state index contributed by atoms with van der Waals surface area (Å²) >= 11 is 0. The number of hydrogen-bond donors (Lipinski definition) is 2. The van der Waals surface area contributed by atoms with Crippen LogP contribution in [0.4, 0.5) is 0 Å². The molecule has 0 radical (unpaired) electrons. The van der Waals surface area contributed by atoms with Crippen molar-refractivity contribution in [3.8, 4) is 5.75 Å². The highest BCUT2D eigenvalue weighted by molar-refractivity contribution is 7.84. The molecular formula is C21H31N4O3S+. The van der Waals surface area contributed by atoms with Crippen molar-refractivity contribution in [2.24, 2.45) is 0 Å². The summed E-state index contributed by atoms with van der Waals surface area (Å²) in [7, 11) is 0.371. The molecule has 3 rings (SSSR count). The minimum absolute atomic E-state index is 0.293. The molecule has 0 saturated heterocycles. The molecule has 2 heterocycles. The van der Waals surface area contributed by atoms with Gasteiger partial charge in [-0.3, -0.25) is 9.19 Å². The van der Waals surface area contributed by atoms with Gasteiger partial charge < -0.3 is 20.2 Å². The third kappa shape index (κ3) is 7.23. The second-order valence-corrected chi connectivity index (χ2v) is 8.38. The van der Waals surface area contributed by atoms with Crippen molar-refractivity contribution < 1.29 is 19.4 Å². The molecule has 1 unspecified atom stereocenters. The standard InChI is InChI=1S/C18H21N3O3S.C3H9N/c1-13-16(19-9-8-17(13)24-11-5-10-23-2)12-25(22)18-20-14-6-3-4-7-15(14)21-18;1-3(2)4/h3-4,6-9H,5,10-12H2,1-2H3,(H,20,21);3H,4H2,1-2H3/p+1. The molecule has 0 amide bonds. The molecule has 0 aliphatic heterocycles. The molecule has 0 bridgehead atoms. The Morgan fingerprint density at radius 1 is 1.21 bits per heavy atom. The monoisotopic (exact) mass is 419 g/mol. The van der Waals surface area contributed by atoms with Crippen LogP contribution >= 0.6 is 0 Å². The van der Waals surface area contributed by atoms with Crippen molar-refractivity contribution in [2.45, 2.75) is 44.1 Å². The third-order valence-corrected chi connectivity index (χ3v) is 5.02. The Labute approximate surface area is 174 Å². The summed E-state index contributed by atoms with van der Waals surface area (Å²) < 4.78 is 23.5. The van der Waals surface area contributed by atoms with E-state index in [4.69, 9.17) is 9.47 Å². The van der Waals surface area contributed by atoms with Crippen molar-refractivity contribution in [3.63, 3.8) is 0 Å². The Hall–Kier alpha value is -2.29. The van der Waals surface area contributed by atoms with Crippen LogP contribution in [0.5, 0.6) is 5.75 Å². The summed E-state index contributed by atoms with van der Waals surface area (Å²) in [6.07, 6.45) is 2.50. The van der Waals surface area contributed by atoms with Crippen LogP contribution in [-0.2, 0) is 21.3 Å². The van der Waals surface area contributed by atoms with Crippen LogP contribution in [0.15, 0.2) is 41.7 Å². The summed E-state index contributed by atoms with van der Waals surface area (Å²) in [6, 6.07) is 10.1. The molecule has 0 spiro atoms. The van der Waals surface area contributed by atoms with Gasteiger partial charge in [-0.15, -0.1) is 0 Å². The SMILES string of the molecule is CC(C)[NH3+].COCCCOc1ccnc(CS(=O)c2nc3ccccc3[nH]2)c1C. The number of aromatic nitrogens is 3. The number of rotatable bonds is 8. The number of quaternary nitrogens is 1. The van der Waals surface area contributed by atoms with Crippen LogP contribution in [0.1, 0.15) is 31.5 Å². The van der Waals surface area contributed by atoms with Crippen LogP contribution in [0, 0.1) is 6.92 Å². The number of pyridine rings is 1. The molecule has 29 heavy (non-hydrogen) atoms. The van der Waals surface area contributed by atoms with E-state index in [0.29, 0.717) is 30.2 Å². The first-order valence-corrected chi connectivity index (χ1v) is 11.0. The molecule has 8 heteroatoms. The van der Waals surface area contributed by atoms with E-state index < -0.39 is 10.8 Å². The molecule has 1 atom stereocenters. The largest absolute Gasteiger partial charge is 0.493 e. The lowest BCUT2D eigenvalue weighted by Gasteiger charge is -2.11. The van der Waals surface area contributed by atoms with E-state index >= 15 is 0 Å². The lowest BCUT2D eigenvalue weighted by Crippen LogP contribution is -2.57. The number of aromatic amines is 1. The van der Waals surface area contributed by atoms with Crippen molar-refractivity contribution in [3.05, 3.63) is 47.8 Å². The van der Waals surface area contributed by atoms with Crippen LogP contribution < -0.4 is 10.5 Å². The fraction of sp³-hybridized carbons (Fsp3) is 0.429. The van der Waals surface area contributed by atoms with Crippen LogP contribution in [0.3, 0.4) is 0 Å². The number of ether oxygens (including phenoxy) is 2. The summed E-state index contributed by atoms with van der Waals surface area (Å²) in [6.45, 7) is 7.28. The van der Waals surface area contributed by atoms with E-state index in [1.165, 1.54) is 0 Å². The highest BCUT2D eigenvalue weighted by Crippen LogP contribution is 2.22. The topological polar surface area (TPSA) is 105 Å². The first-order valence-electron chi connectivity index (χ1n) is 9.64. The molecule has 158 valence electrons. The molecule has 2 aromatic heterocycles. The average Bonchev–Trinajstić information content (AvgIpc) is 3.12. The van der Waals surface area contributed by atoms with Crippen molar-refractivity contribution in [2.75, 3.05) is 20.3 Å². The van der Waals surface area contributed by atoms with Gasteiger partial charge in [-0.05, 0) is 39.0 Å². The lowest BCUT2D eigenvalue weighted by atomic mass is 10.2. The molecule has 3 aromatic rings. The van der Waals surface area contributed by atoms with Gasteiger partial charge in [-0.2, -0.15) is 0 Å². The summed E-state index contributed by atoms with van der Waals surface area (Å²) in [5.41, 5.74) is 6.99. The minimum Gasteiger partial charge on any atom is -0.493 e. The normalized spacial score (nSPS) is 11.9. The third-order valence-electron chi connectivity index (χ3n) is 3.86. The van der Waals surface area contributed by atoms with Gasteiger partial charge in [-0.1, -0.05) is 12.1 Å². The zero-order chi connectivity index (χ0) is 21.2. The number of para-hydroxylation sites is 2. The molecule has 7 nitrogen and oxygen atoms in total. The molecule has 0 aliphatic carbocycles. The van der Waals surface area contributed by atoms with Gasteiger partial charge in [0.25, 0.3) is 0 Å². The Balaban J connectivity index is 0.000000687. The average molecular weight is 420 g/mol. The maximum Gasteiger partial charge on any atom is 0.197 e. The maximum absolute atomic E-state index is 12.7. The van der Waals surface area contributed by atoms with Crippen LogP contribution in [0.2, 0.25) is 0 Å². The van der Waals surface area contributed by atoms with E-state index in [1.54, 1.807) is 13.3 Å². The fourth-order valence-corrected chi connectivity index (χ4v) is 3.58. The van der Waals surface area contributed by atoms with Gasteiger partial charge in [-0.25, -0.2) is 4.98 Å². The zero-order valence-corrected chi connectivity index (χ0v) is 18.4. The maximum atomic E-state index is 12.7. The van der Waals surface area contributed by atoms with Gasteiger partial charge in [0.15, 0.2) is 5.16 Å². The van der Waals surface area contributed by atoms with Gasteiger partial charge in [0, 0.05) is 31.9 Å². The quantitative estimate of drug-likeness (QED) is 0.546. The summed E-state index contributed by atoms with van der Waals surface area (Å²) in [4.78, 5) is 11.9. The van der Waals surface area contributed by atoms with Crippen molar-refractivity contribution >= 4 is 21.8 Å². The molecule has 4 N–H and O–H groups in total. The number of methoxy groups -OCH3 is 1. The number of hydrogen-bond acceptors (Lipinski definition) is 5. The Morgan fingerprint density at radius 3 is 2.62 bits per heavy atom. The fourth-order valence-electron chi connectivity index (χ4n) is 2.48. The van der Waals surface area contributed by atoms with Gasteiger partial charge in [0.1, 0.15) is 5.75 Å². The molecule has 0 fully saturated rings. The van der Waals surface area contributed by atoms with Gasteiger partial charge in [0.2, 0.25) is 0 Å². The number of benzene rings is 1. The van der Waals surface area contributed by atoms with Crippen molar-refractivity contribution in [1.29, 1.82) is 0 Å². The van der Waals surface area contributed by atoms with E-state index in [2.05, 4.69) is 34.5 Å². The van der Waals surface area contributed by atoms with Gasteiger partial charge >= 0.3 is 0 Å². The van der Waals surface area contributed by atoms with E-state index in [1.807, 2.05) is 37.3 Å². The van der Waals surface area contributed by atoms with E-state index in [0.717, 1.165) is 34.5 Å². The molecule has 0 aliphatic rings. The molecular weight excluding hydrogens is 388 g/mol. The summed E-state index contributed by atoms with van der Waals surface area (Å²) in [5, 5.41) is 0.466. The highest BCUT2D eigenvalue weighted by atomic mass is 32.2. The lowest BCUT2D eigenvalue weighted by molar-refractivity contribution is -0.407. The van der Waals surface area contributed by atoms with Crippen LogP contribution in [0.25, 0.3) is 11.0 Å². The number of nitrogens with one attached hydrogen (secondary N) is 1. The first-order chi connectivity index (χ1) is 13.9. The number of nitrogens with zero attached hydrogens (tertiary/aromatic N) is 2. The van der Waals surface area contributed by atoms with Crippen molar-refractivity contribution in [1.82, 2.24) is 15.0 Å². The summed E-state index contributed by atoms with van der Waals surface area (Å²) in [5.74, 6) is 1.06. The first kappa shape index (κ1) is 23.0. The number of fused-ring (bicyclic) bond motifs is 1. The Bertz CT molecular complexity index is 891. The smallest absolute Gasteiger partial charge is 0.197 e. The second kappa shape index (κ2) is 11.6. The molecule has 1 aromatic carbocycles. The Kier molecular flexibility index (Phi) is 9.24. The second-order valence-electron chi connectivity index (χ2n) is 7.02. The number of imidazole rings is 1. The van der Waals surface area contributed by atoms with Gasteiger partial charge in [0.05, 0.1) is 45.9 Å². The Morgan fingerprint density at radius 2 is 1.93 bits per heavy atom.